The first-order valence-corrected chi connectivity index (χ1v) is 7.34. The predicted molar refractivity (Wildman–Crippen MR) is 77.0 cm³/mol. The van der Waals surface area contributed by atoms with E-state index in [1.165, 1.54) is 5.56 Å². The first-order chi connectivity index (χ1) is 9.24. The minimum atomic E-state index is 0.419. The average molecular weight is 322 g/mol. The Morgan fingerprint density at radius 3 is 2.89 bits per heavy atom. The van der Waals surface area contributed by atoms with Gasteiger partial charge in [0.15, 0.2) is 5.82 Å². The number of hydrogen-bond donors (Lipinski definition) is 1. The first kappa shape index (κ1) is 12.8. The van der Waals surface area contributed by atoms with Gasteiger partial charge in [-0.05, 0) is 60.9 Å². The van der Waals surface area contributed by atoms with E-state index in [1.807, 2.05) is 6.07 Å². The molecule has 0 atom stereocenters. The van der Waals surface area contributed by atoms with E-state index in [0.29, 0.717) is 11.8 Å². The van der Waals surface area contributed by atoms with Gasteiger partial charge in [-0.1, -0.05) is 16.8 Å². The molecule has 4 nitrogen and oxygen atoms in total. The van der Waals surface area contributed by atoms with E-state index in [4.69, 9.17) is 4.52 Å². The molecule has 1 aliphatic rings. The second kappa shape index (κ2) is 5.43. The number of nitrogens with zero attached hydrogens (tertiary/aromatic N) is 2. The van der Waals surface area contributed by atoms with Crippen molar-refractivity contribution in [2.75, 3.05) is 13.1 Å². The van der Waals surface area contributed by atoms with Crippen LogP contribution in [-0.4, -0.2) is 23.2 Å². The highest BCUT2D eigenvalue weighted by Crippen LogP contribution is 2.30. The summed E-state index contributed by atoms with van der Waals surface area (Å²) in [6.07, 6.45) is 2.15. The molecular formula is C14H16BrN3O. The molecule has 19 heavy (non-hydrogen) atoms. The molecule has 0 amide bonds. The Bertz CT molecular complexity index is 576. The number of halogens is 1. The molecule has 0 spiro atoms. The highest BCUT2D eigenvalue weighted by Gasteiger charge is 2.21. The number of hydrogen-bond acceptors (Lipinski definition) is 4. The van der Waals surface area contributed by atoms with Crippen LogP contribution in [0.2, 0.25) is 0 Å². The van der Waals surface area contributed by atoms with Crippen LogP contribution < -0.4 is 5.32 Å². The van der Waals surface area contributed by atoms with Gasteiger partial charge in [-0.3, -0.25) is 0 Å². The predicted octanol–water partition coefficient (Wildman–Crippen LogP) is 3.27. The van der Waals surface area contributed by atoms with Crippen molar-refractivity contribution >= 4 is 15.9 Å². The second-order valence-electron chi connectivity index (χ2n) is 4.97. The van der Waals surface area contributed by atoms with Gasteiger partial charge in [0.25, 0.3) is 5.89 Å². The molecule has 2 heterocycles. The van der Waals surface area contributed by atoms with Crippen LogP contribution in [0.3, 0.4) is 0 Å². The summed E-state index contributed by atoms with van der Waals surface area (Å²) in [6.45, 7) is 4.12. The van der Waals surface area contributed by atoms with E-state index in [0.717, 1.165) is 41.8 Å². The molecular weight excluding hydrogens is 306 g/mol. The molecule has 100 valence electrons. The van der Waals surface area contributed by atoms with Crippen molar-refractivity contribution in [2.45, 2.75) is 25.7 Å². The summed E-state index contributed by atoms with van der Waals surface area (Å²) in [6, 6.07) is 6.13. The number of aryl methyl sites for hydroxylation is 1. The van der Waals surface area contributed by atoms with Crippen LogP contribution in [0.25, 0.3) is 11.5 Å². The lowest BCUT2D eigenvalue weighted by atomic mass is 9.98. The number of rotatable bonds is 2. The van der Waals surface area contributed by atoms with Crippen molar-refractivity contribution < 1.29 is 4.52 Å². The molecule has 0 unspecified atom stereocenters. The molecule has 1 aliphatic heterocycles. The maximum Gasteiger partial charge on any atom is 0.259 e. The Kier molecular flexibility index (Phi) is 3.66. The highest BCUT2D eigenvalue weighted by atomic mass is 79.9. The lowest BCUT2D eigenvalue weighted by molar-refractivity contribution is 0.392. The Hall–Kier alpha value is -1.20. The number of nitrogens with one attached hydrogen (secondary N) is 1. The molecule has 0 saturated carbocycles. The van der Waals surface area contributed by atoms with Crippen LogP contribution in [0.5, 0.6) is 0 Å². The molecule has 5 heteroatoms. The normalized spacial score (nSPS) is 16.7. The third-order valence-electron chi connectivity index (χ3n) is 3.50. The first-order valence-electron chi connectivity index (χ1n) is 6.55. The molecule has 0 aliphatic carbocycles. The SMILES string of the molecule is Cc1ccc(Br)c(-c2nc(C3CCNCC3)no2)c1. The van der Waals surface area contributed by atoms with Crippen molar-refractivity contribution in [1.82, 2.24) is 15.5 Å². The summed E-state index contributed by atoms with van der Waals surface area (Å²) in [5.74, 6) is 1.86. The summed E-state index contributed by atoms with van der Waals surface area (Å²) in [7, 11) is 0. The van der Waals surface area contributed by atoms with Gasteiger partial charge in [-0.2, -0.15) is 4.98 Å². The zero-order valence-electron chi connectivity index (χ0n) is 10.8. The third kappa shape index (κ3) is 2.72. The molecule has 1 aromatic heterocycles. The fourth-order valence-corrected chi connectivity index (χ4v) is 2.81. The second-order valence-corrected chi connectivity index (χ2v) is 5.82. The Morgan fingerprint density at radius 1 is 1.32 bits per heavy atom. The summed E-state index contributed by atoms with van der Waals surface area (Å²) < 4.78 is 6.41. The Morgan fingerprint density at radius 2 is 2.11 bits per heavy atom. The van der Waals surface area contributed by atoms with Gasteiger partial charge < -0.3 is 9.84 Å². The highest BCUT2D eigenvalue weighted by molar-refractivity contribution is 9.10. The van der Waals surface area contributed by atoms with Crippen molar-refractivity contribution in [1.29, 1.82) is 0 Å². The zero-order valence-corrected chi connectivity index (χ0v) is 12.4. The molecule has 1 saturated heterocycles. The van der Waals surface area contributed by atoms with Crippen LogP contribution >= 0.6 is 15.9 Å². The lowest BCUT2D eigenvalue weighted by Gasteiger charge is -2.18. The van der Waals surface area contributed by atoms with Crippen LogP contribution in [0.1, 0.15) is 30.1 Å². The monoisotopic (exact) mass is 321 g/mol. The average Bonchev–Trinajstić information content (AvgIpc) is 2.92. The fourth-order valence-electron chi connectivity index (χ4n) is 2.39. The molecule has 0 radical (unpaired) electrons. The van der Waals surface area contributed by atoms with Gasteiger partial charge in [0, 0.05) is 10.4 Å². The molecule has 3 rings (SSSR count). The molecule has 0 bridgehead atoms. The fraction of sp³-hybridized carbons (Fsp3) is 0.429. The Labute approximate surface area is 120 Å². The van der Waals surface area contributed by atoms with Crippen molar-refractivity contribution in [3.05, 3.63) is 34.1 Å². The number of aromatic nitrogens is 2. The van der Waals surface area contributed by atoms with Gasteiger partial charge in [0.2, 0.25) is 0 Å². The van der Waals surface area contributed by atoms with Crippen LogP contribution in [0.4, 0.5) is 0 Å². The lowest BCUT2D eigenvalue weighted by Crippen LogP contribution is -2.27. The summed E-state index contributed by atoms with van der Waals surface area (Å²) in [4.78, 5) is 4.57. The van der Waals surface area contributed by atoms with E-state index >= 15 is 0 Å². The molecule has 1 fully saturated rings. The van der Waals surface area contributed by atoms with Gasteiger partial charge in [-0.15, -0.1) is 0 Å². The van der Waals surface area contributed by atoms with E-state index in [9.17, 15) is 0 Å². The third-order valence-corrected chi connectivity index (χ3v) is 4.19. The summed E-state index contributed by atoms with van der Waals surface area (Å²) in [5, 5.41) is 7.50. The van der Waals surface area contributed by atoms with E-state index < -0.39 is 0 Å². The Balaban J connectivity index is 1.89. The van der Waals surface area contributed by atoms with Crippen molar-refractivity contribution in [3.63, 3.8) is 0 Å². The van der Waals surface area contributed by atoms with Crippen LogP contribution in [0, 0.1) is 6.92 Å². The quantitative estimate of drug-likeness (QED) is 0.922. The van der Waals surface area contributed by atoms with Gasteiger partial charge >= 0.3 is 0 Å². The van der Waals surface area contributed by atoms with E-state index in [1.54, 1.807) is 0 Å². The van der Waals surface area contributed by atoms with E-state index in [-0.39, 0.29) is 0 Å². The molecule has 1 aromatic carbocycles. The maximum atomic E-state index is 5.43. The summed E-state index contributed by atoms with van der Waals surface area (Å²) in [5.41, 5.74) is 2.15. The standard InChI is InChI=1S/C14H16BrN3O/c1-9-2-3-12(15)11(8-9)14-17-13(18-19-14)10-4-6-16-7-5-10/h2-3,8,10,16H,4-7H2,1H3. The topological polar surface area (TPSA) is 51.0 Å². The smallest absolute Gasteiger partial charge is 0.259 e. The maximum absolute atomic E-state index is 5.43. The van der Waals surface area contributed by atoms with Gasteiger partial charge in [0.1, 0.15) is 0 Å². The van der Waals surface area contributed by atoms with Crippen LogP contribution in [0.15, 0.2) is 27.2 Å². The minimum absolute atomic E-state index is 0.419. The van der Waals surface area contributed by atoms with Gasteiger partial charge in [-0.25, -0.2) is 0 Å². The number of piperidine rings is 1. The van der Waals surface area contributed by atoms with Crippen LogP contribution in [-0.2, 0) is 0 Å². The molecule has 2 aromatic rings. The molecule has 1 N–H and O–H groups in total. The minimum Gasteiger partial charge on any atom is -0.334 e. The van der Waals surface area contributed by atoms with Gasteiger partial charge in [0.05, 0.1) is 5.56 Å². The number of benzene rings is 1. The van der Waals surface area contributed by atoms with Crippen molar-refractivity contribution in [2.24, 2.45) is 0 Å². The summed E-state index contributed by atoms with van der Waals surface area (Å²) >= 11 is 3.53. The largest absolute Gasteiger partial charge is 0.334 e. The zero-order chi connectivity index (χ0) is 13.2. The van der Waals surface area contributed by atoms with Crippen molar-refractivity contribution in [3.8, 4) is 11.5 Å². The van der Waals surface area contributed by atoms with E-state index in [2.05, 4.69) is 50.4 Å².